The quantitative estimate of drug-likeness (QED) is 0.632. The number of nitrogens with one attached hydrogen (secondary N) is 1. The van der Waals surface area contributed by atoms with Crippen LogP contribution in [0.2, 0.25) is 0 Å². The van der Waals surface area contributed by atoms with Crippen LogP contribution in [-0.2, 0) is 16.0 Å². The Hall–Kier alpha value is -3.03. The van der Waals surface area contributed by atoms with Crippen LogP contribution in [0.25, 0.3) is 0 Å². The van der Waals surface area contributed by atoms with E-state index in [-0.39, 0.29) is 30.1 Å². The Kier molecular flexibility index (Phi) is 6.21. The summed E-state index contributed by atoms with van der Waals surface area (Å²) >= 11 is 1.49. The summed E-state index contributed by atoms with van der Waals surface area (Å²) in [5.74, 6) is 0.199. The molecule has 1 N–H and O–H groups in total. The zero-order valence-corrected chi connectivity index (χ0v) is 17.0. The number of thiophene rings is 1. The minimum atomic E-state index is -0.354. The van der Waals surface area contributed by atoms with Gasteiger partial charge < -0.3 is 10.1 Å². The molecule has 0 spiro atoms. The van der Waals surface area contributed by atoms with E-state index in [1.54, 1.807) is 24.3 Å². The number of hydrogen-bond acceptors (Lipinski definition) is 5. The summed E-state index contributed by atoms with van der Waals surface area (Å²) in [7, 11) is 0. The van der Waals surface area contributed by atoms with Gasteiger partial charge in [-0.1, -0.05) is 6.07 Å². The fourth-order valence-corrected chi connectivity index (χ4v) is 4.08. The normalized spacial score (nSPS) is 15.7. The summed E-state index contributed by atoms with van der Waals surface area (Å²) in [6.07, 6.45) is 1.80. The molecular weight excluding hydrogens is 403 g/mol. The summed E-state index contributed by atoms with van der Waals surface area (Å²) in [5.41, 5.74) is 0.502. The predicted molar refractivity (Wildman–Crippen MR) is 114 cm³/mol. The second-order valence-electron chi connectivity index (χ2n) is 7.02. The molecule has 30 heavy (non-hydrogen) atoms. The molecule has 0 radical (unpaired) electrons. The first-order chi connectivity index (χ1) is 14.6. The van der Waals surface area contributed by atoms with Crippen LogP contribution >= 0.6 is 11.3 Å². The molecule has 0 aliphatic carbocycles. The van der Waals surface area contributed by atoms with Crippen molar-refractivity contribution in [1.29, 1.82) is 0 Å². The zero-order chi connectivity index (χ0) is 20.9. The number of benzene rings is 2. The van der Waals surface area contributed by atoms with Gasteiger partial charge in [-0.2, -0.15) is 0 Å². The standard InChI is InChI=1S/C23H21FN2O3S/c24-16-5-9-18(10-6-16)29-19-11-7-17(8-12-19)26(23(28)21-4-1-13-25-21)22(27)15-20-3-2-14-30-20/h2-3,5-12,14,21,25H,1,4,13,15H2. The fraction of sp³-hybridized carbons (Fsp3) is 0.217. The Bertz CT molecular complexity index is 998. The molecule has 1 aliphatic rings. The lowest BCUT2D eigenvalue weighted by Gasteiger charge is -2.24. The van der Waals surface area contributed by atoms with Gasteiger partial charge in [0.15, 0.2) is 0 Å². The van der Waals surface area contributed by atoms with E-state index in [9.17, 15) is 14.0 Å². The molecule has 5 nitrogen and oxygen atoms in total. The SMILES string of the molecule is O=C(Cc1cccs1)N(C(=O)C1CCCN1)c1ccc(Oc2ccc(F)cc2)cc1. The van der Waals surface area contributed by atoms with E-state index in [2.05, 4.69) is 5.32 Å². The Balaban J connectivity index is 1.55. The van der Waals surface area contributed by atoms with Crippen LogP contribution in [0.3, 0.4) is 0 Å². The van der Waals surface area contributed by atoms with Crippen LogP contribution in [0.5, 0.6) is 11.5 Å². The molecule has 4 rings (SSSR count). The third-order valence-electron chi connectivity index (χ3n) is 4.88. The Morgan fingerprint density at radius 3 is 2.37 bits per heavy atom. The lowest BCUT2D eigenvalue weighted by atomic mass is 10.1. The van der Waals surface area contributed by atoms with Crippen molar-refractivity contribution in [2.24, 2.45) is 0 Å². The second-order valence-corrected chi connectivity index (χ2v) is 8.05. The topological polar surface area (TPSA) is 58.6 Å². The van der Waals surface area contributed by atoms with Crippen molar-refractivity contribution < 1.29 is 18.7 Å². The number of rotatable bonds is 6. The van der Waals surface area contributed by atoms with E-state index in [0.717, 1.165) is 17.8 Å². The molecule has 2 amide bonds. The summed E-state index contributed by atoms with van der Waals surface area (Å²) in [5, 5.41) is 5.08. The third kappa shape index (κ3) is 4.75. The number of carbonyl (C=O) groups excluding carboxylic acids is 2. The highest BCUT2D eigenvalue weighted by Gasteiger charge is 2.32. The van der Waals surface area contributed by atoms with Crippen LogP contribution in [0, 0.1) is 5.82 Å². The van der Waals surface area contributed by atoms with Crippen LogP contribution in [-0.4, -0.2) is 24.4 Å². The van der Waals surface area contributed by atoms with Crippen molar-refractivity contribution in [3.63, 3.8) is 0 Å². The maximum absolute atomic E-state index is 13.1. The van der Waals surface area contributed by atoms with E-state index in [1.165, 1.54) is 40.5 Å². The van der Waals surface area contributed by atoms with Crippen molar-refractivity contribution >= 4 is 28.8 Å². The highest BCUT2D eigenvalue weighted by Crippen LogP contribution is 2.26. The van der Waals surface area contributed by atoms with E-state index in [4.69, 9.17) is 4.74 Å². The second kappa shape index (κ2) is 9.19. The van der Waals surface area contributed by atoms with Gasteiger partial charge in [0.1, 0.15) is 17.3 Å². The predicted octanol–water partition coefficient (Wildman–Crippen LogP) is 4.53. The summed E-state index contributed by atoms with van der Waals surface area (Å²) in [4.78, 5) is 28.3. The molecule has 2 aromatic carbocycles. The van der Waals surface area contributed by atoms with E-state index in [0.29, 0.717) is 23.6 Å². The number of amides is 2. The van der Waals surface area contributed by atoms with Gasteiger partial charge in [-0.3, -0.25) is 9.59 Å². The molecule has 1 aromatic heterocycles. The zero-order valence-electron chi connectivity index (χ0n) is 16.2. The first kappa shape index (κ1) is 20.3. The molecule has 7 heteroatoms. The highest BCUT2D eigenvalue weighted by atomic mass is 32.1. The lowest BCUT2D eigenvalue weighted by molar-refractivity contribution is -0.127. The molecule has 154 valence electrons. The van der Waals surface area contributed by atoms with E-state index < -0.39 is 0 Å². The van der Waals surface area contributed by atoms with Gasteiger partial charge in [0, 0.05) is 4.88 Å². The lowest BCUT2D eigenvalue weighted by Crippen LogP contribution is -2.47. The number of nitrogens with zero attached hydrogens (tertiary/aromatic N) is 1. The molecule has 1 fully saturated rings. The number of anilines is 1. The van der Waals surface area contributed by atoms with Gasteiger partial charge in [0.05, 0.1) is 18.2 Å². The van der Waals surface area contributed by atoms with Gasteiger partial charge in [-0.15, -0.1) is 11.3 Å². The minimum absolute atomic E-state index is 0.171. The van der Waals surface area contributed by atoms with Crippen LogP contribution in [0.1, 0.15) is 17.7 Å². The van der Waals surface area contributed by atoms with Gasteiger partial charge in [0.2, 0.25) is 5.91 Å². The Labute approximate surface area is 178 Å². The molecule has 3 aromatic rings. The molecule has 2 heterocycles. The van der Waals surface area contributed by atoms with Gasteiger partial charge in [-0.05, 0) is 79.4 Å². The fourth-order valence-electron chi connectivity index (χ4n) is 3.39. The molecule has 0 saturated carbocycles. The maximum atomic E-state index is 13.1. The molecule has 1 atom stereocenters. The summed E-state index contributed by atoms with van der Waals surface area (Å²) in [6, 6.07) is 15.9. The average molecular weight is 424 g/mol. The maximum Gasteiger partial charge on any atom is 0.250 e. The third-order valence-corrected chi connectivity index (χ3v) is 5.75. The van der Waals surface area contributed by atoms with Gasteiger partial charge in [0.25, 0.3) is 5.91 Å². The molecule has 1 unspecified atom stereocenters. The largest absolute Gasteiger partial charge is 0.457 e. The summed E-state index contributed by atoms with van der Waals surface area (Å²) < 4.78 is 18.8. The molecule has 1 aliphatic heterocycles. The molecule has 0 bridgehead atoms. The minimum Gasteiger partial charge on any atom is -0.457 e. The van der Waals surface area contributed by atoms with Gasteiger partial charge >= 0.3 is 0 Å². The van der Waals surface area contributed by atoms with Crippen molar-refractivity contribution in [3.05, 3.63) is 76.7 Å². The summed E-state index contributed by atoms with van der Waals surface area (Å²) in [6.45, 7) is 0.772. The first-order valence-corrected chi connectivity index (χ1v) is 10.6. The number of imide groups is 1. The van der Waals surface area contributed by atoms with Crippen LogP contribution < -0.4 is 15.0 Å². The van der Waals surface area contributed by atoms with Crippen molar-refractivity contribution in [2.45, 2.75) is 25.3 Å². The van der Waals surface area contributed by atoms with E-state index >= 15 is 0 Å². The van der Waals surface area contributed by atoms with Crippen molar-refractivity contribution in [3.8, 4) is 11.5 Å². The average Bonchev–Trinajstić information content (AvgIpc) is 3.45. The van der Waals surface area contributed by atoms with Crippen LogP contribution in [0.15, 0.2) is 66.0 Å². The molecular formula is C23H21FN2O3S. The number of ether oxygens (including phenoxy) is 1. The Morgan fingerprint density at radius 2 is 1.77 bits per heavy atom. The van der Waals surface area contributed by atoms with Crippen molar-refractivity contribution in [1.82, 2.24) is 5.32 Å². The number of hydrogen-bond donors (Lipinski definition) is 1. The first-order valence-electron chi connectivity index (χ1n) is 9.76. The number of carbonyl (C=O) groups is 2. The highest BCUT2D eigenvalue weighted by molar-refractivity contribution is 7.10. The smallest absolute Gasteiger partial charge is 0.250 e. The van der Waals surface area contributed by atoms with Crippen LogP contribution in [0.4, 0.5) is 10.1 Å². The van der Waals surface area contributed by atoms with E-state index in [1.807, 2.05) is 17.5 Å². The van der Waals surface area contributed by atoms with Gasteiger partial charge in [-0.25, -0.2) is 9.29 Å². The molecule has 1 saturated heterocycles. The number of halogens is 1. The Morgan fingerprint density at radius 1 is 1.07 bits per heavy atom. The monoisotopic (exact) mass is 424 g/mol. The van der Waals surface area contributed by atoms with Crippen molar-refractivity contribution in [2.75, 3.05) is 11.4 Å².